The van der Waals surface area contributed by atoms with Gasteiger partial charge in [0.25, 0.3) is 0 Å². The van der Waals surface area contributed by atoms with Crippen molar-refractivity contribution >= 4 is 18.4 Å². The highest BCUT2D eigenvalue weighted by atomic mass is 35.5. The van der Waals surface area contributed by atoms with E-state index in [4.69, 9.17) is 10.8 Å². The summed E-state index contributed by atoms with van der Waals surface area (Å²) in [6.07, 6.45) is -4.25. The molecule has 3 nitrogen and oxygen atoms in total. The maximum atomic E-state index is 12.3. The molecule has 0 heterocycles. The lowest BCUT2D eigenvalue weighted by Gasteiger charge is -2.11. The highest BCUT2D eigenvalue weighted by molar-refractivity contribution is 5.85. The molecule has 18 heavy (non-hydrogen) atoms. The van der Waals surface area contributed by atoms with Crippen LogP contribution in [0.1, 0.15) is 11.1 Å². The first-order valence-corrected chi connectivity index (χ1v) is 4.93. The molecule has 0 aliphatic rings. The van der Waals surface area contributed by atoms with Crippen LogP contribution in [0.25, 0.3) is 0 Å². The van der Waals surface area contributed by atoms with Crippen LogP contribution >= 0.6 is 12.4 Å². The van der Waals surface area contributed by atoms with E-state index in [2.05, 4.69) is 0 Å². The van der Waals surface area contributed by atoms with E-state index in [0.717, 1.165) is 12.1 Å². The van der Waals surface area contributed by atoms with E-state index in [0.29, 0.717) is 5.56 Å². The molecule has 0 aromatic heterocycles. The molecule has 1 unspecified atom stereocenters. The molecule has 1 atom stereocenters. The van der Waals surface area contributed by atoms with Crippen LogP contribution < -0.4 is 5.73 Å². The zero-order valence-electron chi connectivity index (χ0n) is 9.28. The summed E-state index contributed by atoms with van der Waals surface area (Å²) in [7, 11) is 0. The molecule has 0 spiro atoms. The van der Waals surface area contributed by atoms with Crippen LogP contribution in [0.3, 0.4) is 0 Å². The molecular formula is C11H13ClF3NO2. The molecule has 0 radical (unpaired) electrons. The van der Waals surface area contributed by atoms with E-state index >= 15 is 0 Å². The summed E-state index contributed by atoms with van der Waals surface area (Å²) in [6, 6.07) is 4.42. The minimum atomic E-state index is -4.38. The lowest BCUT2D eigenvalue weighted by Crippen LogP contribution is -2.25. The molecule has 1 aromatic rings. The Bertz CT molecular complexity index is 392. The number of halogens is 4. The van der Waals surface area contributed by atoms with Gasteiger partial charge in [-0.3, -0.25) is 4.79 Å². The minimum Gasteiger partial charge on any atom is -0.481 e. The Kier molecular flexibility index (Phi) is 6.14. The van der Waals surface area contributed by atoms with Crippen LogP contribution in [0.2, 0.25) is 0 Å². The zero-order chi connectivity index (χ0) is 13.1. The molecule has 1 rings (SSSR count). The maximum Gasteiger partial charge on any atom is 0.416 e. The number of alkyl halides is 3. The third-order valence-corrected chi connectivity index (χ3v) is 2.40. The number of hydrogen-bond acceptors (Lipinski definition) is 2. The van der Waals surface area contributed by atoms with Crippen molar-refractivity contribution in [2.24, 2.45) is 11.7 Å². The van der Waals surface area contributed by atoms with E-state index < -0.39 is 23.6 Å². The van der Waals surface area contributed by atoms with Crippen LogP contribution in [-0.4, -0.2) is 17.6 Å². The van der Waals surface area contributed by atoms with Gasteiger partial charge >= 0.3 is 12.1 Å². The van der Waals surface area contributed by atoms with Crippen LogP contribution in [0.4, 0.5) is 13.2 Å². The number of carbonyl (C=O) groups is 1. The summed E-state index contributed by atoms with van der Waals surface area (Å²) in [5.74, 6) is -1.82. The maximum absolute atomic E-state index is 12.3. The molecule has 102 valence electrons. The molecule has 3 N–H and O–H groups in total. The van der Waals surface area contributed by atoms with Gasteiger partial charge in [0.1, 0.15) is 0 Å². The summed E-state index contributed by atoms with van der Waals surface area (Å²) in [4.78, 5) is 10.7. The summed E-state index contributed by atoms with van der Waals surface area (Å²) in [5.41, 5.74) is 5.03. The van der Waals surface area contributed by atoms with E-state index in [1.54, 1.807) is 0 Å². The Hall–Kier alpha value is -1.27. The van der Waals surface area contributed by atoms with Gasteiger partial charge in [-0.2, -0.15) is 13.2 Å². The smallest absolute Gasteiger partial charge is 0.416 e. The van der Waals surface area contributed by atoms with Crippen molar-refractivity contribution in [1.29, 1.82) is 0 Å². The van der Waals surface area contributed by atoms with Crippen LogP contribution in [-0.2, 0) is 17.4 Å². The normalized spacial score (nSPS) is 12.7. The average molecular weight is 284 g/mol. The van der Waals surface area contributed by atoms with Crippen molar-refractivity contribution in [3.8, 4) is 0 Å². The van der Waals surface area contributed by atoms with Crippen molar-refractivity contribution in [3.63, 3.8) is 0 Å². The molecule has 0 amide bonds. The van der Waals surface area contributed by atoms with E-state index in [1.807, 2.05) is 0 Å². The first-order valence-electron chi connectivity index (χ1n) is 4.93. The largest absolute Gasteiger partial charge is 0.481 e. The molecule has 0 saturated carbocycles. The van der Waals surface area contributed by atoms with Crippen LogP contribution in [0, 0.1) is 5.92 Å². The van der Waals surface area contributed by atoms with Crippen molar-refractivity contribution in [1.82, 2.24) is 0 Å². The van der Waals surface area contributed by atoms with Gasteiger partial charge < -0.3 is 10.8 Å². The van der Waals surface area contributed by atoms with Crippen molar-refractivity contribution in [3.05, 3.63) is 35.4 Å². The highest BCUT2D eigenvalue weighted by Crippen LogP contribution is 2.29. The fourth-order valence-electron chi connectivity index (χ4n) is 1.39. The number of hydrogen-bond donors (Lipinski definition) is 2. The predicted molar refractivity (Wildman–Crippen MR) is 62.6 cm³/mol. The Morgan fingerprint density at radius 1 is 1.28 bits per heavy atom. The quantitative estimate of drug-likeness (QED) is 0.891. The number of nitrogens with two attached hydrogens (primary N) is 1. The predicted octanol–water partition coefficient (Wildman–Crippen LogP) is 2.33. The highest BCUT2D eigenvalue weighted by Gasteiger charge is 2.30. The summed E-state index contributed by atoms with van der Waals surface area (Å²) >= 11 is 0. The third kappa shape index (κ3) is 4.54. The van der Waals surface area contributed by atoms with Crippen LogP contribution in [0.15, 0.2) is 24.3 Å². The van der Waals surface area contributed by atoms with Crippen molar-refractivity contribution < 1.29 is 23.1 Å². The van der Waals surface area contributed by atoms with Crippen LogP contribution in [0.5, 0.6) is 0 Å². The SMILES string of the molecule is Cl.NCC(Cc1ccc(C(F)(F)F)cc1)C(=O)O. The first-order chi connectivity index (χ1) is 7.84. The Morgan fingerprint density at radius 3 is 2.11 bits per heavy atom. The van der Waals surface area contributed by atoms with Gasteiger partial charge in [-0.25, -0.2) is 0 Å². The second-order valence-corrected chi connectivity index (χ2v) is 3.67. The lowest BCUT2D eigenvalue weighted by molar-refractivity contribution is -0.141. The molecule has 1 aromatic carbocycles. The van der Waals surface area contributed by atoms with Gasteiger partial charge in [-0.05, 0) is 24.1 Å². The number of benzene rings is 1. The van der Waals surface area contributed by atoms with Crippen molar-refractivity contribution in [2.45, 2.75) is 12.6 Å². The number of rotatable bonds is 4. The zero-order valence-corrected chi connectivity index (χ0v) is 10.1. The van der Waals surface area contributed by atoms with E-state index in [1.165, 1.54) is 12.1 Å². The standard InChI is InChI=1S/C11H12F3NO2.ClH/c12-11(13,14)9-3-1-7(2-4-9)5-8(6-15)10(16)17;/h1-4,8H,5-6,15H2,(H,16,17);1H. The minimum absolute atomic E-state index is 0. The molecule has 0 aliphatic carbocycles. The van der Waals surface area contributed by atoms with Gasteiger partial charge in [-0.1, -0.05) is 12.1 Å². The third-order valence-electron chi connectivity index (χ3n) is 2.40. The lowest BCUT2D eigenvalue weighted by atomic mass is 9.99. The number of aliphatic carboxylic acids is 1. The molecule has 0 aliphatic heterocycles. The van der Waals surface area contributed by atoms with E-state index in [-0.39, 0.29) is 25.4 Å². The summed E-state index contributed by atoms with van der Waals surface area (Å²) in [5, 5.41) is 8.76. The first kappa shape index (κ1) is 16.7. The van der Waals surface area contributed by atoms with Gasteiger partial charge in [0.05, 0.1) is 11.5 Å². The van der Waals surface area contributed by atoms with Gasteiger partial charge in [0.15, 0.2) is 0 Å². The topological polar surface area (TPSA) is 63.3 Å². The fraction of sp³-hybridized carbons (Fsp3) is 0.364. The van der Waals surface area contributed by atoms with E-state index in [9.17, 15) is 18.0 Å². The van der Waals surface area contributed by atoms with Gasteiger partial charge in [0, 0.05) is 6.54 Å². The summed E-state index contributed by atoms with van der Waals surface area (Å²) in [6.45, 7) is -0.0453. The molecule has 7 heteroatoms. The summed E-state index contributed by atoms with van der Waals surface area (Å²) < 4.78 is 36.8. The second kappa shape index (κ2) is 6.61. The number of carboxylic acid groups (broad SMARTS) is 1. The number of carboxylic acids is 1. The van der Waals surface area contributed by atoms with Gasteiger partial charge in [0.2, 0.25) is 0 Å². The Balaban J connectivity index is 0.00000289. The molecular weight excluding hydrogens is 271 g/mol. The monoisotopic (exact) mass is 283 g/mol. The second-order valence-electron chi connectivity index (χ2n) is 3.67. The molecule has 0 saturated heterocycles. The Labute approximate surface area is 108 Å². The fourth-order valence-corrected chi connectivity index (χ4v) is 1.39. The molecule has 0 fully saturated rings. The molecule has 0 bridgehead atoms. The van der Waals surface area contributed by atoms with Crippen molar-refractivity contribution in [2.75, 3.05) is 6.54 Å². The van der Waals surface area contributed by atoms with Gasteiger partial charge in [-0.15, -0.1) is 12.4 Å². The Morgan fingerprint density at radius 2 is 1.78 bits per heavy atom. The average Bonchev–Trinajstić information content (AvgIpc) is 2.25.